The lowest BCUT2D eigenvalue weighted by Gasteiger charge is -2.33. The lowest BCUT2D eigenvalue weighted by Crippen LogP contribution is -2.46. The number of anilines is 3. The Labute approximate surface area is 145 Å². The van der Waals surface area contributed by atoms with Crippen molar-refractivity contribution < 1.29 is 9.53 Å². The molecule has 7 nitrogen and oxygen atoms in total. The number of carbonyl (C=O) groups excluding carboxylic acids is 1. The zero-order valence-electron chi connectivity index (χ0n) is 13.3. The summed E-state index contributed by atoms with van der Waals surface area (Å²) in [5.41, 5.74) is 0.816. The summed E-state index contributed by atoms with van der Waals surface area (Å²) in [7, 11) is 1.58. The Hall–Kier alpha value is -2.54. The summed E-state index contributed by atoms with van der Waals surface area (Å²) in [6.45, 7) is 2.90. The fourth-order valence-corrected chi connectivity index (χ4v) is 2.79. The molecule has 0 saturated carbocycles. The molecule has 0 aliphatic carbocycles. The number of aromatic nitrogens is 2. The molecule has 1 amide bonds. The summed E-state index contributed by atoms with van der Waals surface area (Å²) in [6, 6.07) is 7.33. The van der Waals surface area contributed by atoms with Crippen LogP contribution in [0.4, 0.5) is 17.3 Å². The fraction of sp³-hybridized carbons (Fsp3) is 0.312. The van der Waals surface area contributed by atoms with E-state index in [0.29, 0.717) is 29.7 Å². The average molecular weight is 348 g/mol. The van der Waals surface area contributed by atoms with Gasteiger partial charge >= 0.3 is 0 Å². The summed E-state index contributed by atoms with van der Waals surface area (Å²) in [5, 5.41) is 3.74. The predicted octanol–water partition coefficient (Wildman–Crippen LogP) is 2.16. The Morgan fingerprint density at radius 3 is 2.67 bits per heavy atom. The number of halogens is 1. The van der Waals surface area contributed by atoms with Gasteiger partial charge in [-0.25, -0.2) is 9.97 Å². The van der Waals surface area contributed by atoms with Gasteiger partial charge in [-0.3, -0.25) is 4.79 Å². The first-order valence-corrected chi connectivity index (χ1v) is 7.94. The number of piperazine rings is 1. The van der Waals surface area contributed by atoms with Gasteiger partial charge in [-0.15, -0.1) is 0 Å². The third-order valence-corrected chi connectivity index (χ3v) is 4.16. The van der Waals surface area contributed by atoms with Crippen molar-refractivity contribution in [2.24, 2.45) is 0 Å². The first-order chi connectivity index (χ1) is 11.7. The molecule has 3 rings (SSSR count). The molecule has 8 heteroatoms. The highest BCUT2D eigenvalue weighted by atomic mass is 35.5. The molecule has 126 valence electrons. The highest BCUT2D eigenvalue weighted by Crippen LogP contribution is 2.28. The van der Waals surface area contributed by atoms with Crippen LogP contribution in [0.3, 0.4) is 0 Å². The van der Waals surface area contributed by atoms with Crippen LogP contribution in [-0.4, -0.2) is 54.6 Å². The van der Waals surface area contributed by atoms with Gasteiger partial charge in [-0.05, 0) is 18.2 Å². The molecule has 1 N–H and O–H groups in total. The van der Waals surface area contributed by atoms with E-state index in [4.69, 9.17) is 16.3 Å². The van der Waals surface area contributed by atoms with E-state index in [0.717, 1.165) is 31.0 Å². The number of carbonyl (C=O) groups is 1. The molecule has 1 aromatic carbocycles. The minimum absolute atomic E-state index is 0.529. The molecule has 24 heavy (non-hydrogen) atoms. The first kappa shape index (κ1) is 16.3. The van der Waals surface area contributed by atoms with E-state index in [9.17, 15) is 4.79 Å². The van der Waals surface area contributed by atoms with Gasteiger partial charge < -0.3 is 19.9 Å². The largest absolute Gasteiger partial charge is 0.495 e. The quantitative estimate of drug-likeness (QED) is 0.836. The maximum absolute atomic E-state index is 10.8. The lowest BCUT2D eigenvalue weighted by atomic mass is 10.3. The molecular formula is C16H18ClN5O2. The molecule has 1 aliphatic rings. The van der Waals surface area contributed by atoms with E-state index in [2.05, 4.69) is 20.2 Å². The molecule has 0 unspecified atom stereocenters. The van der Waals surface area contributed by atoms with E-state index < -0.39 is 0 Å². The number of amides is 1. The molecule has 2 heterocycles. The molecule has 2 aromatic rings. The van der Waals surface area contributed by atoms with Crippen LogP contribution < -0.4 is 15.0 Å². The second-order valence-electron chi connectivity index (χ2n) is 5.36. The molecule has 1 saturated heterocycles. The van der Waals surface area contributed by atoms with Crippen molar-refractivity contribution in [3.05, 3.63) is 35.6 Å². The summed E-state index contributed by atoms with van der Waals surface area (Å²) >= 11 is 6.14. The van der Waals surface area contributed by atoms with Crippen LogP contribution in [0, 0.1) is 0 Å². The molecule has 0 spiro atoms. The van der Waals surface area contributed by atoms with Gasteiger partial charge in [-0.2, -0.15) is 0 Å². The monoisotopic (exact) mass is 347 g/mol. The molecule has 1 fully saturated rings. The SMILES string of the molecule is COc1ccc(Nc2cc(N3CCN(C=O)CC3)ncn2)cc1Cl. The standard InChI is InChI=1S/C16H18ClN5O2/c1-24-14-3-2-12(8-13(14)17)20-15-9-16(19-10-18-15)22-6-4-21(11-23)5-7-22/h2-3,8-11H,4-7H2,1H3,(H,18,19,20). The number of benzene rings is 1. The highest BCUT2D eigenvalue weighted by Gasteiger charge is 2.17. The van der Waals surface area contributed by atoms with Gasteiger partial charge in [0.15, 0.2) is 0 Å². The number of ether oxygens (including phenoxy) is 1. The smallest absolute Gasteiger partial charge is 0.209 e. The van der Waals surface area contributed by atoms with Crippen LogP contribution in [0.1, 0.15) is 0 Å². The van der Waals surface area contributed by atoms with Crippen molar-refractivity contribution in [2.45, 2.75) is 0 Å². The maximum atomic E-state index is 10.8. The van der Waals surface area contributed by atoms with Gasteiger partial charge in [-0.1, -0.05) is 11.6 Å². The van der Waals surface area contributed by atoms with Crippen LogP contribution in [0.15, 0.2) is 30.6 Å². The Morgan fingerprint density at radius 2 is 2.00 bits per heavy atom. The number of hydrogen-bond acceptors (Lipinski definition) is 6. The van der Waals surface area contributed by atoms with Crippen LogP contribution in [0.5, 0.6) is 5.75 Å². The Bertz CT molecular complexity index is 719. The van der Waals surface area contributed by atoms with Crippen LogP contribution in [-0.2, 0) is 4.79 Å². The number of rotatable bonds is 5. The number of nitrogens with zero attached hydrogens (tertiary/aromatic N) is 4. The van der Waals surface area contributed by atoms with E-state index in [-0.39, 0.29) is 0 Å². The summed E-state index contributed by atoms with van der Waals surface area (Å²) in [6.07, 6.45) is 2.41. The second kappa shape index (κ2) is 7.35. The van der Waals surface area contributed by atoms with Crippen LogP contribution in [0.2, 0.25) is 5.02 Å². The molecule has 1 aromatic heterocycles. The number of hydrogen-bond donors (Lipinski definition) is 1. The van der Waals surface area contributed by atoms with Gasteiger partial charge in [0.1, 0.15) is 23.7 Å². The third-order valence-electron chi connectivity index (χ3n) is 3.86. The van der Waals surface area contributed by atoms with E-state index in [1.54, 1.807) is 24.1 Å². The average Bonchev–Trinajstić information content (AvgIpc) is 2.62. The van der Waals surface area contributed by atoms with Crippen LogP contribution in [0.25, 0.3) is 0 Å². The minimum atomic E-state index is 0.529. The van der Waals surface area contributed by atoms with Crippen molar-refractivity contribution >= 4 is 35.3 Å². The Morgan fingerprint density at radius 1 is 1.21 bits per heavy atom. The van der Waals surface area contributed by atoms with Crippen molar-refractivity contribution in [1.29, 1.82) is 0 Å². The van der Waals surface area contributed by atoms with Crippen LogP contribution >= 0.6 is 11.6 Å². The summed E-state index contributed by atoms with van der Waals surface area (Å²) < 4.78 is 5.15. The zero-order valence-corrected chi connectivity index (χ0v) is 14.0. The third kappa shape index (κ3) is 3.68. The Kier molecular flexibility index (Phi) is 5.00. The van der Waals surface area contributed by atoms with Crippen molar-refractivity contribution in [3.8, 4) is 5.75 Å². The normalized spacial score (nSPS) is 14.4. The molecular weight excluding hydrogens is 330 g/mol. The minimum Gasteiger partial charge on any atom is -0.495 e. The van der Waals surface area contributed by atoms with E-state index >= 15 is 0 Å². The first-order valence-electron chi connectivity index (χ1n) is 7.56. The van der Waals surface area contributed by atoms with Crippen molar-refractivity contribution in [3.63, 3.8) is 0 Å². The molecule has 0 atom stereocenters. The van der Waals surface area contributed by atoms with E-state index in [1.165, 1.54) is 6.33 Å². The van der Waals surface area contributed by atoms with Crippen molar-refractivity contribution in [2.75, 3.05) is 43.5 Å². The maximum Gasteiger partial charge on any atom is 0.209 e. The number of nitrogens with one attached hydrogen (secondary N) is 1. The second-order valence-corrected chi connectivity index (χ2v) is 5.77. The highest BCUT2D eigenvalue weighted by molar-refractivity contribution is 6.32. The van der Waals surface area contributed by atoms with E-state index in [1.807, 2.05) is 12.1 Å². The fourth-order valence-electron chi connectivity index (χ4n) is 2.54. The molecule has 0 radical (unpaired) electrons. The Balaban J connectivity index is 1.71. The summed E-state index contributed by atoms with van der Waals surface area (Å²) in [4.78, 5) is 23.2. The summed E-state index contributed by atoms with van der Waals surface area (Å²) in [5.74, 6) is 2.13. The predicted molar refractivity (Wildman–Crippen MR) is 93.2 cm³/mol. The zero-order chi connectivity index (χ0) is 16.9. The number of methoxy groups -OCH3 is 1. The van der Waals surface area contributed by atoms with Gasteiger partial charge in [0.2, 0.25) is 6.41 Å². The van der Waals surface area contributed by atoms with Gasteiger partial charge in [0.25, 0.3) is 0 Å². The lowest BCUT2D eigenvalue weighted by molar-refractivity contribution is -0.118. The van der Waals surface area contributed by atoms with Gasteiger partial charge in [0.05, 0.1) is 12.1 Å². The topological polar surface area (TPSA) is 70.6 Å². The van der Waals surface area contributed by atoms with Crippen molar-refractivity contribution in [1.82, 2.24) is 14.9 Å². The van der Waals surface area contributed by atoms with Gasteiger partial charge in [0, 0.05) is 37.9 Å². The molecule has 1 aliphatic heterocycles. The molecule has 0 bridgehead atoms.